The zero-order chi connectivity index (χ0) is 15.9. The Morgan fingerprint density at radius 1 is 1.41 bits per heavy atom. The highest BCUT2D eigenvalue weighted by Crippen LogP contribution is 2.35. The van der Waals surface area contributed by atoms with Crippen LogP contribution in [0.1, 0.15) is 50.0 Å². The molecule has 4 nitrogen and oxygen atoms in total. The van der Waals surface area contributed by atoms with Crippen LogP contribution in [0.5, 0.6) is 0 Å². The van der Waals surface area contributed by atoms with Crippen LogP contribution in [0.2, 0.25) is 5.02 Å². The van der Waals surface area contributed by atoms with Gasteiger partial charge in [0.2, 0.25) is 5.95 Å². The molecule has 2 aromatic rings. The number of pyridine rings is 1. The zero-order valence-electron chi connectivity index (χ0n) is 12.7. The second-order valence-corrected chi connectivity index (χ2v) is 7.20. The fourth-order valence-corrected chi connectivity index (χ4v) is 3.10. The molecule has 1 fully saturated rings. The Balaban J connectivity index is 1.73. The number of carbonyl (C=O) groups is 1. The first-order valence-corrected chi connectivity index (χ1v) is 7.87. The molecule has 2 heterocycles. The maximum atomic E-state index is 13.3. The zero-order valence-corrected chi connectivity index (χ0v) is 13.4. The first kappa shape index (κ1) is 15.3. The molecule has 0 atom stereocenters. The summed E-state index contributed by atoms with van der Waals surface area (Å²) in [7, 11) is 0. The summed E-state index contributed by atoms with van der Waals surface area (Å²) >= 11 is 5.71. The van der Waals surface area contributed by atoms with Crippen molar-refractivity contribution in [3.05, 3.63) is 28.8 Å². The van der Waals surface area contributed by atoms with Crippen LogP contribution in [0.25, 0.3) is 11.0 Å². The van der Waals surface area contributed by atoms with Crippen molar-refractivity contribution in [1.29, 1.82) is 0 Å². The summed E-state index contributed by atoms with van der Waals surface area (Å²) in [6, 6.07) is 3.31. The number of aromatic amines is 1. The van der Waals surface area contributed by atoms with E-state index in [-0.39, 0.29) is 17.0 Å². The second kappa shape index (κ2) is 5.54. The number of carbonyl (C=O) groups excluding carboxylic acids is 1. The van der Waals surface area contributed by atoms with Gasteiger partial charge in [0, 0.05) is 11.4 Å². The van der Waals surface area contributed by atoms with E-state index < -0.39 is 5.95 Å². The molecule has 2 N–H and O–H groups in total. The van der Waals surface area contributed by atoms with E-state index in [0.717, 1.165) is 25.7 Å². The summed E-state index contributed by atoms with van der Waals surface area (Å²) in [5.41, 5.74) is 1.08. The van der Waals surface area contributed by atoms with Crippen LogP contribution < -0.4 is 5.32 Å². The number of H-pyrrole nitrogens is 1. The standard InChI is InChI=1S/C16H19ClFN3O/c1-16(2)5-3-10(4-6-16)19-15(22)12-8-9-7-11(17)13(18)21-14(9)20-12/h7-8,10H,3-6H2,1-2H3,(H,19,22)(H,20,21). The summed E-state index contributed by atoms with van der Waals surface area (Å²) in [6.07, 6.45) is 4.18. The maximum absolute atomic E-state index is 13.3. The topological polar surface area (TPSA) is 57.8 Å². The molecule has 1 amide bonds. The highest BCUT2D eigenvalue weighted by atomic mass is 35.5. The molecule has 0 bridgehead atoms. The van der Waals surface area contributed by atoms with Gasteiger partial charge in [0.1, 0.15) is 11.3 Å². The highest BCUT2D eigenvalue weighted by Gasteiger charge is 2.28. The van der Waals surface area contributed by atoms with Crippen LogP contribution in [0.3, 0.4) is 0 Å². The van der Waals surface area contributed by atoms with Gasteiger partial charge in [0.15, 0.2) is 0 Å². The lowest BCUT2D eigenvalue weighted by Gasteiger charge is -2.34. The Labute approximate surface area is 133 Å². The lowest BCUT2D eigenvalue weighted by Crippen LogP contribution is -2.39. The van der Waals surface area contributed by atoms with Gasteiger partial charge in [-0.15, -0.1) is 0 Å². The van der Waals surface area contributed by atoms with Crippen molar-refractivity contribution in [3.63, 3.8) is 0 Å². The van der Waals surface area contributed by atoms with Crippen molar-refractivity contribution >= 4 is 28.5 Å². The van der Waals surface area contributed by atoms with Crippen LogP contribution in [-0.4, -0.2) is 21.9 Å². The summed E-state index contributed by atoms with van der Waals surface area (Å²) in [5, 5.41) is 3.62. The molecule has 0 aliphatic heterocycles. The molecule has 1 aliphatic rings. The third-order valence-corrected chi connectivity index (χ3v) is 4.70. The number of hydrogen-bond donors (Lipinski definition) is 2. The summed E-state index contributed by atoms with van der Waals surface area (Å²) in [4.78, 5) is 18.9. The highest BCUT2D eigenvalue weighted by molar-refractivity contribution is 6.31. The number of amides is 1. The number of fused-ring (bicyclic) bond motifs is 1. The smallest absolute Gasteiger partial charge is 0.267 e. The van der Waals surface area contributed by atoms with E-state index in [9.17, 15) is 9.18 Å². The average molecular weight is 324 g/mol. The predicted octanol–water partition coefficient (Wildman–Crippen LogP) is 4.05. The number of halogens is 2. The van der Waals surface area contributed by atoms with Crippen LogP contribution in [-0.2, 0) is 0 Å². The Kier molecular flexibility index (Phi) is 3.85. The van der Waals surface area contributed by atoms with Gasteiger partial charge in [-0.05, 0) is 43.2 Å². The molecule has 0 aromatic carbocycles. The van der Waals surface area contributed by atoms with E-state index in [0.29, 0.717) is 22.1 Å². The molecular formula is C16H19ClFN3O. The summed E-state index contributed by atoms with van der Waals surface area (Å²) in [6.45, 7) is 4.51. The van der Waals surface area contributed by atoms with Crippen LogP contribution >= 0.6 is 11.6 Å². The van der Waals surface area contributed by atoms with Crippen molar-refractivity contribution in [3.8, 4) is 0 Å². The number of aromatic nitrogens is 2. The van der Waals surface area contributed by atoms with E-state index in [2.05, 4.69) is 29.1 Å². The Bertz CT molecular complexity index is 676. The van der Waals surface area contributed by atoms with Gasteiger partial charge in [0.05, 0.1) is 5.02 Å². The molecule has 0 spiro atoms. The van der Waals surface area contributed by atoms with Crippen molar-refractivity contribution in [2.75, 3.05) is 0 Å². The normalized spacial score (nSPS) is 18.5. The third kappa shape index (κ3) is 3.09. The maximum Gasteiger partial charge on any atom is 0.267 e. The van der Waals surface area contributed by atoms with Crippen molar-refractivity contribution < 1.29 is 9.18 Å². The SMILES string of the molecule is CC1(C)CCC(NC(=O)c2cc3cc(Cl)c(F)nc3[nH]2)CC1. The van der Waals surface area contributed by atoms with Crippen LogP contribution in [0.15, 0.2) is 12.1 Å². The fraction of sp³-hybridized carbons (Fsp3) is 0.500. The first-order chi connectivity index (χ1) is 10.3. The lowest BCUT2D eigenvalue weighted by atomic mass is 9.75. The molecule has 3 rings (SSSR count). The molecule has 1 aliphatic carbocycles. The molecular weight excluding hydrogens is 305 g/mol. The number of hydrogen-bond acceptors (Lipinski definition) is 2. The predicted molar refractivity (Wildman–Crippen MR) is 84.6 cm³/mol. The quantitative estimate of drug-likeness (QED) is 0.819. The number of nitrogens with zero attached hydrogens (tertiary/aromatic N) is 1. The number of rotatable bonds is 2. The minimum absolute atomic E-state index is 0.0482. The van der Waals surface area contributed by atoms with E-state index >= 15 is 0 Å². The minimum Gasteiger partial charge on any atom is -0.348 e. The third-order valence-electron chi connectivity index (χ3n) is 4.43. The Morgan fingerprint density at radius 2 is 2.09 bits per heavy atom. The van der Waals surface area contributed by atoms with E-state index in [1.807, 2.05) is 0 Å². The van der Waals surface area contributed by atoms with Gasteiger partial charge < -0.3 is 10.3 Å². The molecule has 0 radical (unpaired) electrons. The van der Waals surface area contributed by atoms with Crippen LogP contribution in [0, 0.1) is 11.4 Å². The van der Waals surface area contributed by atoms with Gasteiger partial charge in [-0.3, -0.25) is 4.79 Å². The summed E-state index contributed by atoms with van der Waals surface area (Å²) in [5.74, 6) is -0.920. The van der Waals surface area contributed by atoms with Crippen molar-refractivity contribution in [2.24, 2.45) is 5.41 Å². The molecule has 1 saturated carbocycles. The summed E-state index contributed by atoms with van der Waals surface area (Å²) < 4.78 is 13.3. The van der Waals surface area contributed by atoms with Gasteiger partial charge in [-0.1, -0.05) is 25.4 Å². The van der Waals surface area contributed by atoms with Gasteiger partial charge in [0.25, 0.3) is 5.91 Å². The van der Waals surface area contributed by atoms with Gasteiger partial charge >= 0.3 is 0 Å². The Hall–Kier alpha value is -1.62. The van der Waals surface area contributed by atoms with Crippen LogP contribution in [0.4, 0.5) is 4.39 Å². The van der Waals surface area contributed by atoms with Crippen molar-refractivity contribution in [1.82, 2.24) is 15.3 Å². The minimum atomic E-state index is -0.738. The molecule has 118 valence electrons. The largest absolute Gasteiger partial charge is 0.348 e. The Morgan fingerprint density at radius 3 is 2.77 bits per heavy atom. The average Bonchev–Trinajstić information content (AvgIpc) is 2.84. The van der Waals surface area contributed by atoms with Crippen molar-refractivity contribution in [2.45, 2.75) is 45.6 Å². The monoisotopic (exact) mass is 323 g/mol. The fourth-order valence-electron chi connectivity index (χ4n) is 2.94. The molecule has 2 aromatic heterocycles. The van der Waals surface area contributed by atoms with E-state index in [4.69, 9.17) is 11.6 Å². The van der Waals surface area contributed by atoms with Gasteiger partial charge in [-0.2, -0.15) is 4.39 Å². The lowest BCUT2D eigenvalue weighted by molar-refractivity contribution is 0.0905. The van der Waals surface area contributed by atoms with Gasteiger partial charge in [-0.25, -0.2) is 4.98 Å². The second-order valence-electron chi connectivity index (χ2n) is 6.79. The molecule has 0 unspecified atom stereocenters. The van der Waals surface area contributed by atoms with E-state index in [1.165, 1.54) is 6.07 Å². The first-order valence-electron chi connectivity index (χ1n) is 7.50. The number of nitrogens with one attached hydrogen (secondary N) is 2. The molecule has 22 heavy (non-hydrogen) atoms. The molecule has 6 heteroatoms. The van der Waals surface area contributed by atoms with E-state index in [1.54, 1.807) is 6.07 Å². The molecule has 0 saturated heterocycles.